The van der Waals surface area contributed by atoms with E-state index in [9.17, 15) is 14.4 Å². The molecule has 0 aliphatic heterocycles. The molecule has 118 valence electrons. The number of rotatable bonds is 3. The fraction of sp³-hybridized carbons (Fsp3) is 0.214. The maximum atomic E-state index is 11.6. The van der Waals surface area contributed by atoms with Crippen LogP contribution in [-0.4, -0.2) is 25.6 Å². The van der Waals surface area contributed by atoms with E-state index in [1.807, 2.05) is 0 Å². The Morgan fingerprint density at radius 1 is 1.39 bits per heavy atom. The first-order chi connectivity index (χ1) is 11.0. The second-order valence-corrected chi connectivity index (χ2v) is 4.97. The lowest BCUT2D eigenvalue weighted by Gasteiger charge is -2.04. The highest BCUT2D eigenvalue weighted by molar-refractivity contribution is 5.79. The van der Waals surface area contributed by atoms with Gasteiger partial charge in [-0.25, -0.2) is 0 Å². The fourth-order valence-electron chi connectivity index (χ4n) is 2.15. The van der Waals surface area contributed by atoms with Gasteiger partial charge < -0.3 is 19.4 Å². The average Bonchev–Trinajstić information content (AvgIpc) is 2.99. The van der Waals surface area contributed by atoms with E-state index in [0.717, 1.165) is 0 Å². The van der Waals surface area contributed by atoms with Crippen LogP contribution in [0.25, 0.3) is 22.4 Å². The minimum absolute atomic E-state index is 0.140. The summed E-state index contributed by atoms with van der Waals surface area (Å²) < 4.78 is 6.32. The zero-order valence-electron chi connectivity index (χ0n) is 12.4. The highest BCUT2D eigenvalue weighted by Gasteiger charge is 2.11. The van der Waals surface area contributed by atoms with Gasteiger partial charge >= 0.3 is 11.1 Å². The van der Waals surface area contributed by atoms with Crippen molar-refractivity contribution in [3.63, 3.8) is 0 Å². The number of aromatic amines is 1. The van der Waals surface area contributed by atoms with Crippen LogP contribution < -0.4 is 16.4 Å². The van der Waals surface area contributed by atoms with Gasteiger partial charge in [0.1, 0.15) is 0 Å². The fourth-order valence-corrected chi connectivity index (χ4v) is 2.15. The minimum atomic E-state index is -0.698. The van der Waals surface area contributed by atoms with E-state index < -0.39 is 11.1 Å². The summed E-state index contributed by atoms with van der Waals surface area (Å²) in [6, 6.07) is 5.06. The first-order valence-corrected chi connectivity index (χ1v) is 6.76. The molecule has 1 amide bonds. The number of aryl methyl sites for hydroxylation is 1. The molecule has 3 aromatic rings. The Morgan fingerprint density at radius 2 is 2.17 bits per heavy atom. The molecule has 0 spiro atoms. The number of benzene rings is 1. The quantitative estimate of drug-likeness (QED) is 0.651. The zero-order valence-corrected chi connectivity index (χ0v) is 12.4. The van der Waals surface area contributed by atoms with Crippen LogP contribution in [0.15, 0.2) is 32.3 Å². The van der Waals surface area contributed by atoms with Gasteiger partial charge in [-0.05, 0) is 18.2 Å². The lowest BCUT2D eigenvalue weighted by Crippen LogP contribution is -2.34. The van der Waals surface area contributed by atoms with E-state index in [1.165, 1.54) is 18.5 Å². The summed E-state index contributed by atoms with van der Waals surface area (Å²) in [7, 11) is 1.53. The number of carbonyl (C=O) groups excluding carboxylic acids is 1. The molecule has 0 radical (unpaired) electrons. The molecule has 9 heteroatoms. The number of hydrogen-bond acceptors (Lipinski definition) is 6. The van der Waals surface area contributed by atoms with Crippen molar-refractivity contribution in [2.24, 2.45) is 7.05 Å². The molecule has 2 heterocycles. The van der Waals surface area contributed by atoms with E-state index in [0.29, 0.717) is 22.4 Å². The van der Waals surface area contributed by atoms with Crippen molar-refractivity contribution in [2.75, 3.05) is 0 Å². The molecule has 0 bridgehead atoms. The van der Waals surface area contributed by atoms with Crippen LogP contribution in [0, 0.1) is 0 Å². The average molecular weight is 315 g/mol. The van der Waals surface area contributed by atoms with E-state index in [4.69, 9.17) is 4.52 Å². The number of aromatic nitrogens is 4. The van der Waals surface area contributed by atoms with Gasteiger partial charge in [0.05, 0.1) is 17.6 Å². The first-order valence-electron chi connectivity index (χ1n) is 6.76. The third-order valence-electron chi connectivity index (χ3n) is 3.32. The molecule has 0 saturated carbocycles. The molecule has 9 nitrogen and oxygen atoms in total. The summed E-state index contributed by atoms with van der Waals surface area (Å²) in [5.41, 5.74) is 0.367. The van der Waals surface area contributed by atoms with Crippen molar-refractivity contribution >= 4 is 16.9 Å². The maximum Gasteiger partial charge on any atom is 0.316 e. The van der Waals surface area contributed by atoms with Crippen LogP contribution in [0.5, 0.6) is 0 Å². The van der Waals surface area contributed by atoms with Gasteiger partial charge in [-0.1, -0.05) is 5.16 Å². The lowest BCUT2D eigenvalue weighted by molar-refractivity contribution is -0.119. The Hall–Kier alpha value is -3.23. The Balaban J connectivity index is 2.01. The van der Waals surface area contributed by atoms with Crippen molar-refractivity contribution in [2.45, 2.75) is 13.5 Å². The number of nitrogens with one attached hydrogen (secondary N) is 2. The SMILES string of the molecule is CC(=O)NCc1nc(-c2ccc3c(c2)[nH]c(=O)c(=O)n3C)no1. The Labute approximate surface area is 128 Å². The molecular formula is C14H13N5O4. The van der Waals surface area contributed by atoms with E-state index in [-0.39, 0.29) is 18.3 Å². The number of hydrogen-bond donors (Lipinski definition) is 2. The summed E-state index contributed by atoms with van der Waals surface area (Å²) in [5, 5.41) is 6.39. The van der Waals surface area contributed by atoms with E-state index in [1.54, 1.807) is 18.2 Å². The van der Waals surface area contributed by atoms with Gasteiger partial charge in [-0.2, -0.15) is 4.98 Å². The van der Waals surface area contributed by atoms with Gasteiger partial charge in [0, 0.05) is 19.5 Å². The molecule has 2 aromatic heterocycles. The first kappa shape index (κ1) is 14.7. The Bertz CT molecular complexity index is 1010. The summed E-state index contributed by atoms with van der Waals surface area (Å²) >= 11 is 0. The molecule has 23 heavy (non-hydrogen) atoms. The van der Waals surface area contributed by atoms with Crippen LogP contribution >= 0.6 is 0 Å². The topological polar surface area (TPSA) is 123 Å². The largest absolute Gasteiger partial charge is 0.347 e. The summed E-state index contributed by atoms with van der Waals surface area (Å²) in [5.74, 6) is 0.389. The summed E-state index contributed by atoms with van der Waals surface area (Å²) in [6.07, 6.45) is 0. The third-order valence-corrected chi connectivity index (χ3v) is 3.32. The van der Waals surface area contributed by atoms with E-state index in [2.05, 4.69) is 20.4 Å². The number of carbonyl (C=O) groups is 1. The van der Waals surface area contributed by atoms with Crippen LogP contribution in [0.1, 0.15) is 12.8 Å². The smallest absolute Gasteiger partial charge is 0.316 e. The molecule has 0 saturated heterocycles. The van der Waals surface area contributed by atoms with Crippen molar-refractivity contribution in [3.05, 3.63) is 44.8 Å². The van der Waals surface area contributed by atoms with Crippen LogP contribution in [0.2, 0.25) is 0 Å². The third kappa shape index (κ3) is 2.76. The molecule has 0 aliphatic rings. The van der Waals surface area contributed by atoms with Crippen molar-refractivity contribution < 1.29 is 9.32 Å². The van der Waals surface area contributed by atoms with Gasteiger partial charge in [0.25, 0.3) is 0 Å². The lowest BCUT2D eigenvalue weighted by atomic mass is 10.2. The predicted octanol–water partition coefficient (Wildman–Crippen LogP) is -0.0871. The summed E-state index contributed by atoms with van der Waals surface area (Å²) in [4.78, 5) is 40.8. The second-order valence-electron chi connectivity index (χ2n) is 4.97. The van der Waals surface area contributed by atoms with Crippen LogP contribution in [0.3, 0.4) is 0 Å². The molecular weight excluding hydrogens is 302 g/mol. The minimum Gasteiger partial charge on any atom is -0.347 e. The number of amides is 1. The van der Waals surface area contributed by atoms with Gasteiger partial charge in [-0.3, -0.25) is 14.4 Å². The van der Waals surface area contributed by atoms with E-state index >= 15 is 0 Å². The van der Waals surface area contributed by atoms with Gasteiger partial charge in [0.15, 0.2) is 0 Å². The molecule has 2 N–H and O–H groups in total. The molecule has 0 atom stereocenters. The van der Waals surface area contributed by atoms with Gasteiger partial charge in [0.2, 0.25) is 17.6 Å². The van der Waals surface area contributed by atoms with Crippen molar-refractivity contribution in [3.8, 4) is 11.4 Å². The number of nitrogens with zero attached hydrogens (tertiary/aromatic N) is 3. The van der Waals surface area contributed by atoms with Crippen molar-refractivity contribution in [1.29, 1.82) is 0 Å². The molecule has 0 fully saturated rings. The van der Waals surface area contributed by atoms with Crippen LogP contribution in [0.4, 0.5) is 0 Å². The predicted molar refractivity (Wildman–Crippen MR) is 80.6 cm³/mol. The Morgan fingerprint density at radius 3 is 2.91 bits per heavy atom. The molecule has 0 aliphatic carbocycles. The molecule has 1 aromatic carbocycles. The van der Waals surface area contributed by atoms with Gasteiger partial charge in [-0.15, -0.1) is 0 Å². The highest BCUT2D eigenvalue weighted by Crippen LogP contribution is 2.19. The zero-order chi connectivity index (χ0) is 16.6. The normalized spacial score (nSPS) is 10.9. The molecule has 0 unspecified atom stereocenters. The second kappa shape index (κ2) is 5.52. The standard InChI is InChI=1S/C14H13N5O4/c1-7(20)15-6-11-17-12(18-23-11)8-3-4-10-9(5-8)16-13(21)14(22)19(10)2/h3-5H,6H2,1-2H3,(H,15,20)(H,16,21). The summed E-state index contributed by atoms with van der Waals surface area (Å²) in [6.45, 7) is 1.53. The number of H-pyrrole nitrogens is 1. The molecule has 3 rings (SSSR count). The van der Waals surface area contributed by atoms with Crippen LogP contribution in [-0.2, 0) is 18.4 Å². The maximum absolute atomic E-state index is 11.6. The highest BCUT2D eigenvalue weighted by atomic mass is 16.5. The van der Waals surface area contributed by atoms with Crippen molar-refractivity contribution in [1.82, 2.24) is 25.0 Å². The number of fused-ring (bicyclic) bond motifs is 1. The Kier molecular flexibility index (Phi) is 3.53. The monoisotopic (exact) mass is 315 g/mol.